The number of hydrogen-bond donors (Lipinski definition) is 2. The Morgan fingerprint density at radius 1 is 1.14 bits per heavy atom. The van der Waals surface area contributed by atoms with Crippen molar-refractivity contribution in [2.75, 3.05) is 26.7 Å². The molecule has 1 aromatic rings. The zero-order chi connectivity index (χ0) is 15.7. The summed E-state index contributed by atoms with van der Waals surface area (Å²) in [5, 5.41) is 5.95. The second-order valence-corrected chi connectivity index (χ2v) is 4.97. The van der Waals surface area contributed by atoms with Crippen molar-refractivity contribution in [1.82, 2.24) is 15.5 Å². The van der Waals surface area contributed by atoms with E-state index in [1.54, 1.807) is 0 Å². The molecular weight excluding hydrogens is 391 g/mol. The number of benzene rings is 1. The van der Waals surface area contributed by atoms with Crippen molar-refractivity contribution in [3.05, 3.63) is 35.4 Å². The van der Waals surface area contributed by atoms with Crippen LogP contribution in [0.2, 0.25) is 0 Å². The average molecular weight is 418 g/mol. The molecule has 0 aliphatic rings. The van der Waals surface area contributed by atoms with Crippen LogP contribution in [0.15, 0.2) is 29.3 Å². The molecule has 0 saturated carbocycles. The Balaban J connectivity index is 0.00000441. The molecule has 0 aromatic heterocycles. The maximum atomic E-state index is 11.5. The third-order valence-electron chi connectivity index (χ3n) is 2.98. The van der Waals surface area contributed by atoms with E-state index < -0.39 is 0 Å². The van der Waals surface area contributed by atoms with E-state index in [9.17, 15) is 4.79 Å². The maximum Gasteiger partial charge on any atom is 0.241 e. The third kappa shape index (κ3) is 7.63. The van der Waals surface area contributed by atoms with Crippen LogP contribution in [0.3, 0.4) is 0 Å². The molecule has 0 aliphatic heterocycles. The number of guanidine groups is 1. The summed E-state index contributed by atoms with van der Waals surface area (Å²) in [4.78, 5) is 17.9. The van der Waals surface area contributed by atoms with Crippen LogP contribution in [0, 0.1) is 6.92 Å². The Labute approximate surface area is 150 Å². The Bertz CT molecular complexity index is 474. The number of hydrogen-bond acceptors (Lipinski definition) is 2. The van der Waals surface area contributed by atoms with E-state index >= 15 is 0 Å². The van der Waals surface area contributed by atoms with Gasteiger partial charge in [-0.2, -0.15) is 0 Å². The molecule has 0 fully saturated rings. The minimum atomic E-state index is -0.0587. The van der Waals surface area contributed by atoms with Gasteiger partial charge in [-0.15, -0.1) is 24.0 Å². The van der Waals surface area contributed by atoms with Gasteiger partial charge >= 0.3 is 0 Å². The van der Waals surface area contributed by atoms with Gasteiger partial charge in [-0.1, -0.05) is 29.8 Å². The van der Waals surface area contributed by atoms with E-state index in [0.29, 0.717) is 6.54 Å². The summed E-state index contributed by atoms with van der Waals surface area (Å²) in [6, 6.07) is 8.42. The molecule has 5 nitrogen and oxygen atoms in total. The van der Waals surface area contributed by atoms with Gasteiger partial charge in [0.1, 0.15) is 6.54 Å². The van der Waals surface area contributed by atoms with Crippen molar-refractivity contribution in [1.29, 1.82) is 0 Å². The third-order valence-corrected chi connectivity index (χ3v) is 2.98. The highest BCUT2D eigenvalue weighted by molar-refractivity contribution is 14.0. The molecule has 0 saturated heterocycles. The number of rotatable bonds is 6. The Hall–Kier alpha value is -1.31. The van der Waals surface area contributed by atoms with Crippen LogP contribution < -0.4 is 10.6 Å². The largest absolute Gasteiger partial charge is 0.357 e. The van der Waals surface area contributed by atoms with Gasteiger partial charge in [0.15, 0.2) is 5.96 Å². The van der Waals surface area contributed by atoms with Crippen LogP contribution in [-0.4, -0.2) is 43.4 Å². The monoisotopic (exact) mass is 418 g/mol. The number of amides is 1. The first-order valence-electron chi connectivity index (χ1n) is 7.38. The van der Waals surface area contributed by atoms with E-state index in [2.05, 4.69) is 46.8 Å². The SMILES string of the molecule is CCNC(=O)CN=C(NCC)N(C)Cc1ccc(C)cc1.I. The highest BCUT2D eigenvalue weighted by atomic mass is 127. The molecule has 0 atom stereocenters. The molecule has 0 spiro atoms. The number of carbonyl (C=O) groups is 1. The topological polar surface area (TPSA) is 56.7 Å². The second-order valence-electron chi connectivity index (χ2n) is 4.97. The maximum absolute atomic E-state index is 11.5. The molecule has 2 N–H and O–H groups in total. The first-order valence-corrected chi connectivity index (χ1v) is 7.38. The average Bonchev–Trinajstić information content (AvgIpc) is 2.46. The first-order chi connectivity index (χ1) is 10.1. The smallest absolute Gasteiger partial charge is 0.241 e. The van der Waals surface area contributed by atoms with Gasteiger partial charge in [-0.3, -0.25) is 4.79 Å². The van der Waals surface area contributed by atoms with E-state index in [0.717, 1.165) is 19.0 Å². The lowest BCUT2D eigenvalue weighted by molar-refractivity contribution is -0.119. The van der Waals surface area contributed by atoms with Crippen molar-refractivity contribution in [3.63, 3.8) is 0 Å². The fourth-order valence-corrected chi connectivity index (χ4v) is 1.91. The second kappa shape index (κ2) is 11.3. The molecule has 0 aliphatic carbocycles. The van der Waals surface area contributed by atoms with Gasteiger partial charge in [0.05, 0.1) is 0 Å². The predicted octanol–water partition coefficient (Wildman–Crippen LogP) is 2.15. The molecule has 0 radical (unpaired) electrons. The normalized spacial score (nSPS) is 10.6. The van der Waals surface area contributed by atoms with Crippen LogP contribution >= 0.6 is 24.0 Å². The molecule has 0 heterocycles. The summed E-state index contributed by atoms with van der Waals surface area (Å²) in [6.45, 7) is 8.29. The van der Waals surface area contributed by atoms with E-state index in [1.807, 2.05) is 25.8 Å². The van der Waals surface area contributed by atoms with Gasteiger partial charge in [-0.25, -0.2) is 4.99 Å². The molecule has 0 unspecified atom stereocenters. The van der Waals surface area contributed by atoms with Gasteiger partial charge < -0.3 is 15.5 Å². The fourth-order valence-electron chi connectivity index (χ4n) is 1.91. The highest BCUT2D eigenvalue weighted by Gasteiger charge is 2.07. The number of nitrogens with zero attached hydrogens (tertiary/aromatic N) is 2. The van der Waals surface area contributed by atoms with E-state index in [1.165, 1.54) is 11.1 Å². The lowest BCUT2D eigenvalue weighted by Gasteiger charge is -2.22. The number of aryl methyl sites for hydroxylation is 1. The van der Waals surface area contributed by atoms with Crippen LogP contribution in [0.4, 0.5) is 0 Å². The first kappa shape index (κ1) is 20.7. The van der Waals surface area contributed by atoms with Crippen molar-refractivity contribution >= 4 is 35.8 Å². The van der Waals surface area contributed by atoms with Crippen LogP contribution in [0.5, 0.6) is 0 Å². The van der Waals surface area contributed by atoms with Gasteiger partial charge in [0.25, 0.3) is 0 Å². The Morgan fingerprint density at radius 2 is 1.73 bits per heavy atom. The van der Waals surface area contributed by atoms with Crippen LogP contribution in [0.25, 0.3) is 0 Å². The summed E-state index contributed by atoms with van der Waals surface area (Å²) < 4.78 is 0. The number of halogens is 1. The standard InChI is InChI=1S/C16H26N4O.HI/c1-5-17-15(21)11-19-16(18-6-2)20(4)12-14-9-7-13(3)8-10-14;/h7-10H,5-6,11-12H2,1-4H3,(H,17,21)(H,18,19);1H. The summed E-state index contributed by atoms with van der Waals surface area (Å²) in [5.41, 5.74) is 2.46. The zero-order valence-electron chi connectivity index (χ0n) is 13.8. The molecular formula is C16H27IN4O. The summed E-state index contributed by atoms with van der Waals surface area (Å²) in [5.74, 6) is 0.681. The fraction of sp³-hybridized carbons (Fsp3) is 0.500. The highest BCUT2D eigenvalue weighted by Crippen LogP contribution is 2.06. The van der Waals surface area contributed by atoms with Gasteiger partial charge in [-0.05, 0) is 26.3 Å². The van der Waals surface area contributed by atoms with Crippen LogP contribution in [-0.2, 0) is 11.3 Å². The van der Waals surface area contributed by atoms with Crippen molar-refractivity contribution in [2.24, 2.45) is 4.99 Å². The van der Waals surface area contributed by atoms with Gasteiger partial charge in [0, 0.05) is 26.7 Å². The zero-order valence-corrected chi connectivity index (χ0v) is 16.2. The molecule has 1 rings (SSSR count). The van der Waals surface area contributed by atoms with Crippen LogP contribution in [0.1, 0.15) is 25.0 Å². The molecule has 1 aromatic carbocycles. The van der Waals surface area contributed by atoms with Crippen molar-refractivity contribution < 1.29 is 4.79 Å². The number of likely N-dealkylation sites (N-methyl/N-ethyl adjacent to an activating group) is 1. The van der Waals surface area contributed by atoms with Gasteiger partial charge in [0.2, 0.25) is 5.91 Å². The number of aliphatic imine (C=N–C) groups is 1. The lowest BCUT2D eigenvalue weighted by atomic mass is 10.1. The summed E-state index contributed by atoms with van der Waals surface area (Å²) in [7, 11) is 1.97. The predicted molar refractivity (Wildman–Crippen MR) is 103 cm³/mol. The molecule has 22 heavy (non-hydrogen) atoms. The van der Waals surface area contributed by atoms with E-state index in [4.69, 9.17) is 0 Å². The van der Waals surface area contributed by atoms with E-state index in [-0.39, 0.29) is 36.4 Å². The summed E-state index contributed by atoms with van der Waals surface area (Å²) in [6.07, 6.45) is 0. The minimum absolute atomic E-state index is 0. The lowest BCUT2D eigenvalue weighted by Crippen LogP contribution is -2.39. The minimum Gasteiger partial charge on any atom is -0.357 e. The number of nitrogens with one attached hydrogen (secondary N) is 2. The van der Waals surface area contributed by atoms with Crippen molar-refractivity contribution in [3.8, 4) is 0 Å². The molecule has 6 heteroatoms. The quantitative estimate of drug-likeness (QED) is 0.423. The Morgan fingerprint density at radius 3 is 2.27 bits per heavy atom. The molecule has 124 valence electrons. The molecule has 1 amide bonds. The van der Waals surface area contributed by atoms with Crippen molar-refractivity contribution in [2.45, 2.75) is 27.3 Å². The summed E-state index contributed by atoms with van der Waals surface area (Å²) >= 11 is 0. The Kier molecular flexibility index (Phi) is 10.6. The number of carbonyl (C=O) groups excluding carboxylic acids is 1. The molecule has 0 bridgehead atoms.